The van der Waals surface area contributed by atoms with E-state index in [2.05, 4.69) is 20.2 Å². The van der Waals surface area contributed by atoms with Crippen LogP contribution in [-0.4, -0.2) is 82.2 Å². The number of oxime groups is 1. The Morgan fingerprint density at radius 1 is 1.02 bits per heavy atom. The highest BCUT2D eigenvalue weighted by Crippen LogP contribution is 2.38. The van der Waals surface area contributed by atoms with Crippen LogP contribution in [0.2, 0.25) is 0 Å². The van der Waals surface area contributed by atoms with E-state index in [1.807, 2.05) is 60.7 Å². The summed E-state index contributed by atoms with van der Waals surface area (Å²) in [5.74, 6) is -2.64. The van der Waals surface area contributed by atoms with Crippen LogP contribution in [0.1, 0.15) is 36.8 Å². The first-order chi connectivity index (χ1) is 23.3. The van der Waals surface area contributed by atoms with E-state index in [4.69, 9.17) is 19.0 Å². The summed E-state index contributed by atoms with van der Waals surface area (Å²) in [6, 6.07) is 17.4. The number of esters is 2. The van der Waals surface area contributed by atoms with Gasteiger partial charge in [0.05, 0.1) is 12.1 Å². The van der Waals surface area contributed by atoms with E-state index >= 15 is 0 Å². The normalized spacial score (nSPS) is 17.6. The van der Waals surface area contributed by atoms with Crippen LogP contribution < -0.4 is 5.32 Å². The summed E-state index contributed by atoms with van der Waals surface area (Å²) < 4.78 is 20.4. The summed E-state index contributed by atoms with van der Waals surface area (Å²) in [5.41, 5.74) is 2.85. The number of carbonyl (C=O) groups excluding carboxylic acids is 5. The Morgan fingerprint density at radius 3 is 2.33 bits per heavy atom. The van der Waals surface area contributed by atoms with Gasteiger partial charge >= 0.3 is 18.1 Å². The van der Waals surface area contributed by atoms with Gasteiger partial charge in [-0.15, -0.1) is 23.1 Å². The summed E-state index contributed by atoms with van der Waals surface area (Å²) in [4.78, 5) is 74.3. The predicted molar refractivity (Wildman–Crippen MR) is 172 cm³/mol. The van der Waals surface area contributed by atoms with Gasteiger partial charge in [-0.1, -0.05) is 65.8 Å². The number of ether oxygens (including phenoxy) is 4. The van der Waals surface area contributed by atoms with E-state index in [1.165, 1.54) is 46.5 Å². The molecule has 2 aliphatic rings. The number of β-lactam (4-membered cyclic amide) rings is 1. The van der Waals surface area contributed by atoms with Crippen LogP contribution in [0.15, 0.2) is 88.5 Å². The van der Waals surface area contributed by atoms with Gasteiger partial charge < -0.3 is 29.1 Å². The average molecular weight is 695 g/mol. The molecule has 0 radical (unpaired) electrons. The molecule has 16 heteroatoms. The molecule has 1 fully saturated rings. The number of thiazole rings is 1. The minimum Gasteiger partial charge on any atom is -0.450 e. The molecule has 2 aromatic carbocycles. The lowest BCUT2D eigenvalue weighted by Crippen LogP contribution is -2.70. The molecular weight excluding hydrogens is 665 g/mol. The van der Waals surface area contributed by atoms with Gasteiger partial charge in [-0.3, -0.25) is 14.5 Å². The molecule has 0 bridgehead atoms. The lowest BCUT2D eigenvalue weighted by atomic mass is 10.0. The number of nitrogens with one attached hydrogen (secondary N) is 1. The standard InChI is InChI=1S/C32H30N4O10S2/c1-3-42-32(41)45-19(2)44-31(40)23-14-15-48-30-26(29(39)36(23)30)34-28(38)25(22-17-47-18-33-22)35-43-16-24(37)46-27(20-10-6-4-7-11-20)21-12-8-5-9-13-21/h4-14,17-19,26-27,30H,3,15-16H2,1-2H3,(H,34,38)/t19?,26?,30-/m0/s1. The van der Waals surface area contributed by atoms with Crippen molar-refractivity contribution < 1.29 is 47.8 Å². The number of hydrogen-bond acceptors (Lipinski definition) is 14. The van der Waals surface area contributed by atoms with Gasteiger partial charge in [0.25, 0.3) is 11.8 Å². The summed E-state index contributed by atoms with van der Waals surface area (Å²) >= 11 is 2.52. The first kappa shape index (κ1) is 34.1. The minimum absolute atomic E-state index is 0.0481. The van der Waals surface area contributed by atoms with Crippen molar-refractivity contribution in [2.24, 2.45) is 5.16 Å². The van der Waals surface area contributed by atoms with Crippen LogP contribution in [0.5, 0.6) is 0 Å². The fraction of sp³-hybridized carbons (Fsp3) is 0.281. The zero-order valence-corrected chi connectivity index (χ0v) is 27.3. The number of thioether (sulfide) groups is 1. The highest BCUT2D eigenvalue weighted by molar-refractivity contribution is 8.00. The second-order valence-corrected chi connectivity index (χ2v) is 11.9. The first-order valence-electron chi connectivity index (χ1n) is 14.6. The molecule has 5 rings (SSSR count). The molecule has 2 amide bonds. The molecule has 1 saturated heterocycles. The van der Waals surface area contributed by atoms with Crippen LogP contribution in [0.25, 0.3) is 0 Å². The third kappa shape index (κ3) is 8.19. The van der Waals surface area contributed by atoms with Crippen LogP contribution >= 0.6 is 23.1 Å². The number of fused-ring (bicyclic) bond motifs is 1. The molecule has 1 N–H and O–H groups in total. The topological polar surface area (TPSA) is 172 Å². The second-order valence-electron chi connectivity index (χ2n) is 10.0. The Balaban J connectivity index is 1.21. The monoisotopic (exact) mass is 694 g/mol. The molecule has 14 nitrogen and oxygen atoms in total. The molecule has 2 aliphatic heterocycles. The third-order valence-corrected chi connectivity index (χ3v) is 8.59. The molecule has 48 heavy (non-hydrogen) atoms. The SMILES string of the molecule is CCOC(=O)OC(C)OC(=O)C1=CCS[C@H]2C(NC(=O)C(=NOCC(=O)OC(c3ccccc3)c3ccccc3)c3cscn3)C(=O)N12. The minimum atomic E-state index is -1.27. The van der Waals surface area contributed by atoms with Crippen molar-refractivity contribution >= 4 is 58.7 Å². The lowest BCUT2D eigenvalue weighted by Gasteiger charge is -2.48. The third-order valence-electron chi connectivity index (χ3n) is 6.82. The maximum absolute atomic E-state index is 13.4. The van der Waals surface area contributed by atoms with Gasteiger partial charge in [-0.2, -0.15) is 0 Å². The molecule has 0 aliphatic carbocycles. The number of amides is 2. The van der Waals surface area contributed by atoms with Crippen molar-refractivity contribution in [3.8, 4) is 0 Å². The van der Waals surface area contributed by atoms with E-state index < -0.39 is 60.3 Å². The zero-order valence-electron chi connectivity index (χ0n) is 25.7. The molecule has 0 saturated carbocycles. The number of nitrogens with zero attached hydrogens (tertiary/aromatic N) is 3. The highest BCUT2D eigenvalue weighted by Gasteiger charge is 2.53. The van der Waals surface area contributed by atoms with Crippen LogP contribution in [0, 0.1) is 0 Å². The van der Waals surface area contributed by atoms with Gasteiger partial charge in [0.1, 0.15) is 22.8 Å². The number of benzene rings is 2. The van der Waals surface area contributed by atoms with Gasteiger partial charge in [0.2, 0.25) is 12.9 Å². The van der Waals surface area contributed by atoms with Gasteiger partial charge in [0.15, 0.2) is 11.8 Å². The summed E-state index contributed by atoms with van der Waals surface area (Å²) in [5, 5.41) is 7.45. The fourth-order valence-corrected chi connectivity index (χ4v) is 6.43. The Hall–Kier alpha value is -5.22. The Bertz CT molecular complexity index is 1650. The van der Waals surface area contributed by atoms with Crippen molar-refractivity contribution in [1.82, 2.24) is 15.2 Å². The molecule has 250 valence electrons. The summed E-state index contributed by atoms with van der Waals surface area (Å²) in [7, 11) is 0. The van der Waals surface area contributed by atoms with Crippen molar-refractivity contribution in [1.29, 1.82) is 0 Å². The predicted octanol–water partition coefficient (Wildman–Crippen LogP) is 3.54. The molecule has 3 atom stereocenters. The van der Waals surface area contributed by atoms with E-state index in [0.29, 0.717) is 5.75 Å². The number of hydrogen-bond donors (Lipinski definition) is 1. The Kier molecular flexibility index (Phi) is 11.4. The van der Waals surface area contributed by atoms with Crippen LogP contribution in [0.3, 0.4) is 0 Å². The van der Waals surface area contributed by atoms with E-state index in [9.17, 15) is 24.0 Å². The van der Waals surface area contributed by atoms with Crippen molar-refractivity contribution in [3.05, 3.63) is 100 Å². The summed E-state index contributed by atoms with van der Waals surface area (Å²) in [6.45, 7) is 2.39. The quantitative estimate of drug-likeness (QED) is 0.0690. The maximum atomic E-state index is 13.4. The van der Waals surface area contributed by atoms with E-state index in [0.717, 1.165) is 11.1 Å². The van der Waals surface area contributed by atoms with Gasteiger partial charge in [0, 0.05) is 18.1 Å². The number of aromatic nitrogens is 1. The van der Waals surface area contributed by atoms with Crippen molar-refractivity contribution in [2.75, 3.05) is 19.0 Å². The Labute approximate surface area is 283 Å². The molecule has 3 aromatic rings. The van der Waals surface area contributed by atoms with Gasteiger partial charge in [-0.25, -0.2) is 19.4 Å². The first-order valence-corrected chi connectivity index (χ1v) is 16.6. The summed E-state index contributed by atoms with van der Waals surface area (Å²) in [6.07, 6.45) is -1.46. The number of carbonyl (C=O) groups is 5. The Morgan fingerprint density at radius 2 is 1.71 bits per heavy atom. The molecule has 0 spiro atoms. The second kappa shape index (κ2) is 16.1. The number of rotatable bonds is 13. The molecule has 3 heterocycles. The largest absolute Gasteiger partial charge is 0.511 e. The van der Waals surface area contributed by atoms with Gasteiger partial charge in [-0.05, 0) is 24.1 Å². The molecule has 2 unspecified atom stereocenters. The fourth-order valence-electron chi connectivity index (χ4n) is 4.69. The van der Waals surface area contributed by atoms with E-state index in [-0.39, 0.29) is 23.7 Å². The highest BCUT2D eigenvalue weighted by atomic mass is 32.2. The smallest absolute Gasteiger partial charge is 0.450 e. The lowest BCUT2D eigenvalue weighted by molar-refractivity contribution is -0.168. The van der Waals surface area contributed by atoms with Crippen molar-refractivity contribution in [3.63, 3.8) is 0 Å². The van der Waals surface area contributed by atoms with E-state index in [1.54, 1.807) is 12.3 Å². The van der Waals surface area contributed by atoms with Crippen LogP contribution in [-0.2, 0) is 43.0 Å². The zero-order chi connectivity index (χ0) is 34.0. The average Bonchev–Trinajstić information content (AvgIpc) is 3.63. The van der Waals surface area contributed by atoms with Crippen molar-refractivity contribution in [2.45, 2.75) is 37.7 Å². The molecular formula is C32H30N4O10S2. The van der Waals surface area contributed by atoms with Crippen LogP contribution in [0.4, 0.5) is 4.79 Å². The molecule has 1 aromatic heterocycles. The maximum Gasteiger partial charge on any atom is 0.511 e.